The minimum Gasteiger partial charge on any atom is -0.491 e. The smallest absolute Gasteiger partial charge is 0.338 e. The number of ether oxygens (including phenoxy) is 2. The topological polar surface area (TPSA) is 90.4 Å². The summed E-state index contributed by atoms with van der Waals surface area (Å²) in [5.74, 6) is -0.359. The quantitative estimate of drug-likeness (QED) is 0.669. The second-order valence-corrected chi connectivity index (χ2v) is 6.28. The molecular weight excluding hydrogens is 354 g/mol. The van der Waals surface area contributed by atoms with Crippen LogP contribution in [0.15, 0.2) is 42.5 Å². The molecule has 1 heterocycles. The molecule has 0 aliphatic carbocycles. The molecule has 1 N–H and O–H groups in total. The average molecular weight is 371 g/mol. The first kappa shape index (κ1) is 17.8. The van der Waals surface area contributed by atoms with E-state index in [0.717, 1.165) is 11.7 Å². The Hall–Kier alpha value is -3.00. The Labute approximate surface area is 154 Å². The van der Waals surface area contributed by atoms with Gasteiger partial charge in [-0.1, -0.05) is 6.07 Å². The highest BCUT2D eigenvalue weighted by Crippen LogP contribution is 2.21. The summed E-state index contributed by atoms with van der Waals surface area (Å²) < 4.78 is 18.8. The zero-order valence-electron chi connectivity index (χ0n) is 14.3. The van der Waals surface area contributed by atoms with Gasteiger partial charge in [-0.05, 0) is 50.2 Å². The molecule has 0 aliphatic rings. The van der Waals surface area contributed by atoms with Crippen LogP contribution in [-0.2, 0) is 9.53 Å². The number of rotatable bonds is 6. The summed E-state index contributed by atoms with van der Waals surface area (Å²) >= 11 is 1.07. The maximum Gasteiger partial charge on any atom is 0.338 e. The highest BCUT2D eigenvalue weighted by Gasteiger charge is 2.13. The first-order valence-corrected chi connectivity index (χ1v) is 8.71. The third-order valence-corrected chi connectivity index (χ3v) is 3.90. The first-order valence-electron chi connectivity index (χ1n) is 7.98. The minimum absolute atomic E-state index is 0.0499. The molecule has 26 heavy (non-hydrogen) atoms. The highest BCUT2D eigenvalue weighted by molar-refractivity contribution is 7.00. The van der Waals surface area contributed by atoms with Gasteiger partial charge < -0.3 is 14.8 Å². The Bertz CT molecular complexity index is 922. The van der Waals surface area contributed by atoms with Crippen LogP contribution in [-0.4, -0.2) is 33.3 Å². The highest BCUT2D eigenvalue weighted by atomic mass is 32.1. The van der Waals surface area contributed by atoms with E-state index in [1.165, 1.54) is 0 Å². The van der Waals surface area contributed by atoms with Gasteiger partial charge in [0.15, 0.2) is 6.61 Å². The summed E-state index contributed by atoms with van der Waals surface area (Å²) in [7, 11) is 0. The summed E-state index contributed by atoms with van der Waals surface area (Å²) in [5.41, 5.74) is 2.19. The summed E-state index contributed by atoms with van der Waals surface area (Å²) in [6.07, 6.45) is 0.0499. The van der Waals surface area contributed by atoms with E-state index >= 15 is 0 Å². The number of hydrogen-bond acceptors (Lipinski definition) is 7. The van der Waals surface area contributed by atoms with E-state index in [1.54, 1.807) is 42.5 Å². The van der Waals surface area contributed by atoms with Gasteiger partial charge in [-0.2, -0.15) is 8.75 Å². The lowest BCUT2D eigenvalue weighted by Crippen LogP contribution is -2.21. The lowest BCUT2D eigenvalue weighted by atomic mass is 10.2. The van der Waals surface area contributed by atoms with Gasteiger partial charge in [-0.25, -0.2) is 4.79 Å². The fourth-order valence-corrected chi connectivity index (χ4v) is 2.80. The van der Waals surface area contributed by atoms with Crippen molar-refractivity contribution in [3.63, 3.8) is 0 Å². The third kappa shape index (κ3) is 4.34. The molecule has 1 amide bonds. The Morgan fingerprint density at radius 2 is 1.88 bits per heavy atom. The molecule has 8 heteroatoms. The van der Waals surface area contributed by atoms with E-state index in [4.69, 9.17) is 9.47 Å². The predicted molar refractivity (Wildman–Crippen MR) is 98.5 cm³/mol. The third-order valence-electron chi connectivity index (χ3n) is 3.36. The molecule has 0 bridgehead atoms. The molecular formula is C18H17N3O4S. The van der Waals surface area contributed by atoms with Gasteiger partial charge in [-0.15, -0.1) is 0 Å². The van der Waals surface area contributed by atoms with Crippen LogP contribution >= 0.6 is 11.7 Å². The van der Waals surface area contributed by atoms with Crippen molar-refractivity contribution in [2.45, 2.75) is 20.0 Å². The van der Waals surface area contributed by atoms with Gasteiger partial charge >= 0.3 is 5.97 Å². The molecule has 0 unspecified atom stereocenters. The van der Waals surface area contributed by atoms with E-state index in [9.17, 15) is 9.59 Å². The summed E-state index contributed by atoms with van der Waals surface area (Å²) in [4.78, 5) is 24.1. The van der Waals surface area contributed by atoms with Gasteiger partial charge in [0.05, 0.1) is 29.1 Å². The second-order valence-electron chi connectivity index (χ2n) is 5.75. The summed E-state index contributed by atoms with van der Waals surface area (Å²) in [6, 6.07) is 11.9. The molecule has 134 valence electrons. The second kappa shape index (κ2) is 7.92. The minimum atomic E-state index is -0.579. The number of carbonyl (C=O) groups excluding carboxylic acids is 2. The first-order chi connectivity index (χ1) is 12.5. The van der Waals surface area contributed by atoms with E-state index in [-0.39, 0.29) is 6.10 Å². The molecule has 0 aliphatic heterocycles. The van der Waals surface area contributed by atoms with Crippen LogP contribution in [0.4, 0.5) is 5.69 Å². The standard InChI is InChI=1S/C18H17N3O4S/c1-11(2)25-13-8-6-12(7-9-13)18(23)24-10-16(22)19-14-4-3-5-15-17(14)21-26-20-15/h3-9,11H,10H2,1-2H3,(H,19,22). The van der Waals surface area contributed by atoms with Crippen molar-refractivity contribution in [1.29, 1.82) is 0 Å². The number of nitrogens with one attached hydrogen (secondary N) is 1. The van der Waals surface area contributed by atoms with Crippen molar-refractivity contribution in [3.05, 3.63) is 48.0 Å². The molecule has 0 saturated carbocycles. The molecule has 3 rings (SSSR count). The summed E-state index contributed by atoms with van der Waals surface area (Å²) in [6.45, 7) is 3.45. The van der Waals surface area contributed by atoms with E-state index in [1.807, 2.05) is 13.8 Å². The number of nitrogens with zero attached hydrogens (tertiary/aromatic N) is 2. The number of benzene rings is 2. The zero-order chi connectivity index (χ0) is 18.5. The fourth-order valence-electron chi connectivity index (χ4n) is 2.25. The van der Waals surface area contributed by atoms with Gasteiger partial charge in [-0.3, -0.25) is 4.79 Å². The lowest BCUT2D eigenvalue weighted by Gasteiger charge is -2.10. The molecule has 0 spiro atoms. The fraction of sp³-hybridized carbons (Fsp3) is 0.222. The van der Waals surface area contributed by atoms with Crippen LogP contribution in [0.25, 0.3) is 11.0 Å². The summed E-state index contributed by atoms with van der Waals surface area (Å²) in [5, 5.41) is 2.68. The molecule has 1 aromatic heterocycles. The van der Waals surface area contributed by atoms with Crippen LogP contribution in [0.1, 0.15) is 24.2 Å². The molecule has 0 atom stereocenters. The van der Waals surface area contributed by atoms with Crippen LogP contribution in [0.3, 0.4) is 0 Å². The van der Waals surface area contributed by atoms with Crippen molar-refractivity contribution in [1.82, 2.24) is 8.75 Å². The predicted octanol–water partition coefficient (Wildman–Crippen LogP) is 3.27. The maximum atomic E-state index is 12.0. The normalized spacial score (nSPS) is 10.7. The number of amides is 1. The number of fused-ring (bicyclic) bond motifs is 1. The molecule has 2 aromatic carbocycles. The number of carbonyl (C=O) groups is 2. The van der Waals surface area contributed by atoms with Crippen molar-refractivity contribution < 1.29 is 19.1 Å². The van der Waals surface area contributed by atoms with Crippen molar-refractivity contribution in [3.8, 4) is 5.75 Å². The molecule has 0 fully saturated rings. The molecule has 7 nitrogen and oxygen atoms in total. The lowest BCUT2D eigenvalue weighted by molar-refractivity contribution is -0.119. The van der Waals surface area contributed by atoms with Crippen LogP contribution in [0, 0.1) is 0 Å². The van der Waals surface area contributed by atoms with Crippen molar-refractivity contribution in [2.75, 3.05) is 11.9 Å². The Morgan fingerprint density at radius 3 is 2.62 bits per heavy atom. The van der Waals surface area contributed by atoms with Crippen molar-refractivity contribution in [2.24, 2.45) is 0 Å². The number of hydrogen-bond donors (Lipinski definition) is 1. The molecule has 3 aromatic rings. The largest absolute Gasteiger partial charge is 0.491 e. The van der Waals surface area contributed by atoms with Gasteiger partial charge in [0.1, 0.15) is 16.8 Å². The maximum absolute atomic E-state index is 12.0. The Morgan fingerprint density at radius 1 is 1.12 bits per heavy atom. The molecule has 0 saturated heterocycles. The Balaban J connectivity index is 1.55. The van der Waals surface area contributed by atoms with E-state index in [2.05, 4.69) is 14.1 Å². The van der Waals surface area contributed by atoms with E-state index < -0.39 is 18.5 Å². The average Bonchev–Trinajstić information content (AvgIpc) is 3.09. The van der Waals surface area contributed by atoms with Gasteiger partial charge in [0.2, 0.25) is 0 Å². The number of esters is 1. The molecule has 0 radical (unpaired) electrons. The van der Waals surface area contributed by atoms with Crippen LogP contribution < -0.4 is 10.1 Å². The van der Waals surface area contributed by atoms with Crippen LogP contribution in [0.2, 0.25) is 0 Å². The van der Waals surface area contributed by atoms with Gasteiger partial charge in [0.25, 0.3) is 5.91 Å². The SMILES string of the molecule is CC(C)Oc1ccc(C(=O)OCC(=O)Nc2cccc3nsnc23)cc1. The Kier molecular flexibility index (Phi) is 5.43. The number of anilines is 1. The monoisotopic (exact) mass is 371 g/mol. The van der Waals surface area contributed by atoms with Crippen molar-refractivity contribution >= 4 is 40.3 Å². The zero-order valence-corrected chi connectivity index (χ0v) is 15.1. The van der Waals surface area contributed by atoms with E-state index in [0.29, 0.717) is 28.0 Å². The number of aromatic nitrogens is 2. The van der Waals surface area contributed by atoms with Gasteiger partial charge in [0, 0.05) is 0 Å². The van der Waals surface area contributed by atoms with Crippen LogP contribution in [0.5, 0.6) is 5.75 Å².